The lowest BCUT2D eigenvalue weighted by Gasteiger charge is -2.06. The maximum Gasteiger partial charge on any atom is 0.220 e. The average Bonchev–Trinajstić information content (AvgIpc) is 2.78. The zero-order chi connectivity index (χ0) is 23.3. The Labute approximate surface area is 196 Å². The summed E-state index contributed by atoms with van der Waals surface area (Å²) in [4.78, 5) is 11.9. The van der Waals surface area contributed by atoms with Gasteiger partial charge in [0.1, 0.15) is 0 Å². The topological polar surface area (TPSA) is 69.6 Å². The number of carbonyl (C=O) groups is 1. The van der Waals surface area contributed by atoms with Crippen LogP contribution in [0.1, 0.15) is 115 Å². The fourth-order valence-corrected chi connectivity index (χ4v) is 3.87. The molecule has 1 aromatic carbocycles. The second-order valence-corrected chi connectivity index (χ2v) is 8.96. The lowest BCUT2D eigenvalue weighted by Crippen LogP contribution is -2.25. The van der Waals surface area contributed by atoms with Crippen molar-refractivity contribution in [3.8, 4) is 11.5 Å². The van der Waals surface area contributed by atoms with Gasteiger partial charge in [-0.25, -0.2) is 0 Å². The summed E-state index contributed by atoms with van der Waals surface area (Å²) in [6, 6.07) is 4.77. The molecule has 1 rings (SSSR count). The molecule has 1 aromatic rings. The third-order valence-corrected chi connectivity index (χ3v) is 5.94. The number of benzene rings is 1. The molecule has 3 N–H and O–H groups in total. The van der Waals surface area contributed by atoms with Gasteiger partial charge in [-0.15, -0.1) is 0 Å². The minimum absolute atomic E-state index is 0.0979. The number of rotatable bonds is 20. The number of allylic oxidation sites excluding steroid dienone is 2. The van der Waals surface area contributed by atoms with Crippen molar-refractivity contribution >= 4 is 5.91 Å². The minimum atomic E-state index is -0.117. The maximum absolute atomic E-state index is 11.9. The Balaban J connectivity index is 1.83. The summed E-state index contributed by atoms with van der Waals surface area (Å²) in [5, 5.41) is 21.7. The molecular formula is C28H47NO3. The van der Waals surface area contributed by atoms with E-state index in [9.17, 15) is 15.0 Å². The molecule has 0 spiro atoms. The number of aromatic hydroxyl groups is 2. The van der Waals surface area contributed by atoms with Crippen LogP contribution in [0.25, 0.3) is 0 Å². The highest BCUT2D eigenvalue weighted by Crippen LogP contribution is 2.24. The highest BCUT2D eigenvalue weighted by molar-refractivity contribution is 5.75. The van der Waals surface area contributed by atoms with Crippen molar-refractivity contribution in [2.45, 2.75) is 116 Å². The van der Waals surface area contributed by atoms with Gasteiger partial charge in [0.15, 0.2) is 11.5 Å². The van der Waals surface area contributed by atoms with Gasteiger partial charge >= 0.3 is 0 Å². The quantitative estimate of drug-likeness (QED) is 0.110. The van der Waals surface area contributed by atoms with Crippen LogP contribution in [0.2, 0.25) is 0 Å². The average molecular weight is 446 g/mol. The first-order valence-electron chi connectivity index (χ1n) is 13.1. The molecule has 1 amide bonds. The van der Waals surface area contributed by atoms with Crippen LogP contribution in [-0.2, 0) is 11.2 Å². The number of phenols is 2. The Morgan fingerprint density at radius 2 is 1.34 bits per heavy atom. The lowest BCUT2D eigenvalue weighted by atomic mass is 10.1. The Morgan fingerprint density at radius 1 is 0.781 bits per heavy atom. The molecule has 32 heavy (non-hydrogen) atoms. The van der Waals surface area contributed by atoms with Crippen LogP contribution < -0.4 is 5.32 Å². The molecular weight excluding hydrogens is 398 g/mol. The second kappa shape index (κ2) is 19.7. The summed E-state index contributed by atoms with van der Waals surface area (Å²) in [5.41, 5.74) is 0.897. The smallest absolute Gasteiger partial charge is 0.220 e. The van der Waals surface area contributed by atoms with Crippen LogP contribution in [0.5, 0.6) is 11.5 Å². The maximum atomic E-state index is 11.9. The van der Waals surface area contributed by atoms with Gasteiger partial charge in [-0.05, 0) is 56.2 Å². The van der Waals surface area contributed by atoms with E-state index in [2.05, 4.69) is 24.4 Å². The zero-order valence-corrected chi connectivity index (χ0v) is 20.4. The van der Waals surface area contributed by atoms with Crippen molar-refractivity contribution in [2.24, 2.45) is 0 Å². The molecule has 0 heterocycles. The van der Waals surface area contributed by atoms with Crippen LogP contribution >= 0.6 is 0 Å². The molecule has 0 fully saturated rings. The molecule has 4 heteroatoms. The summed E-state index contributed by atoms with van der Waals surface area (Å²) < 4.78 is 0. The predicted octanol–water partition coefficient (Wildman–Crippen LogP) is 7.57. The third-order valence-electron chi connectivity index (χ3n) is 5.94. The van der Waals surface area contributed by atoms with E-state index < -0.39 is 0 Å². The number of unbranched alkanes of at least 4 members (excludes halogenated alkanes) is 13. The highest BCUT2D eigenvalue weighted by atomic mass is 16.3. The lowest BCUT2D eigenvalue weighted by molar-refractivity contribution is -0.121. The van der Waals surface area contributed by atoms with Crippen molar-refractivity contribution in [1.29, 1.82) is 0 Å². The molecule has 0 saturated carbocycles. The first-order valence-corrected chi connectivity index (χ1v) is 13.1. The molecule has 0 aliphatic carbocycles. The van der Waals surface area contributed by atoms with E-state index in [0.717, 1.165) is 18.4 Å². The first-order chi connectivity index (χ1) is 15.6. The van der Waals surface area contributed by atoms with E-state index in [1.807, 2.05) is 0 Å². The molecule has 0 atom stereocenters. The number of hydrogen-bond donors (Lipinski definition) is 3. The summed E-state index contributed by atoms with van der Waals surface area (Å²) in [5.74, 6) is -0.136. The minimum Gasteiger partial charge on any atom is -0.504 e. The van der Waals surface area contributed by atoms with Gasteiger partial charge in [0.2, 0.25) is 5.91 Å². The molecule has 182 valence electrons. The number of carbonyl (C=O) groups excluding carboxylic acids is 1. The zero-order valence-electron chi connectivity index (χ0n) is 20.4. The number of nitrogens with one attached hydrogen (secondary N) is 1. The molecule has 4 nitrogen and oxygen atoms in total. The first kappa shape index (κ1) is 28.1. The third kappa shape index (κ3) is 15.8. The van der Waals surface area contributed by atoms with Crippen LogP contribution in [0.15, 0.2) is 30.4 Å². The summed E-state index contributed by atoms with van der Waals surface area (Å²) in [6.07, 6.45) is 25.2. The van der Waals surface area contributed by atoms with E-state index in [4.69, 9.17) is 0 Å². The van der Waals surface area contributed by atoms with Crippen molar-refractivity contribution in [3.05, 3.63) is 35.9 Å². The van der Waals surface area contributed by atoms with Gasteiger partial charge in [0, 0.05) is 13.0 Å². The van der Waals surface area contributed by atoms with Crippen molar-refractivity contribution < 1.29 is 15.0 Å². The number of amides is 1. The standard InChI is InChI=1S/C28H47NO3/c1-2-3-4-5-6-7-8-9-10-11-12-13-14-15-16-17-18-19-28(32)29-23-22-25-20-21-26(30)27(31)24-25/h9-10,20-21,24,30-31H,2-8,11-19,22-23H2,1H3,(H,29,32)/b10-9-. The van der Waals surface area contributed by atoms with Gasteiger partial charge in [-0.2, -0.15) is 0 Å². The van der Waals surface area contributed by atoms with E-state index in [1.165, 1.54) is 95.6 Å². The summed E-state index contributed by atoms with van der Waals surface area (Å²) in [7, 11) is 0. The Morgan fingerprint density at radius 3 is 1.94 bits per heavy atom. The van der Waals surface area contributed by atoms with Crippen LogP contribution in [0.4, 0.5) is 0 Å². The largest absolute Gasteiger partial charge is 0.504 e. The van der Waals surface area contributed by atoms with Crippen molar-refractivity contribution in [2.75, 3.05) is 6.54 Å². The molecule has 0 aromatic heterocycles. The van der Waals surface area contributed by atoms with Crippen molar-refractivity contribution in [1.82, 2.24) is 5.32 Å². The molecule has 0 aliphatic heterocycles. The van der Waals surface area contributed by atoms with Gasteiger partial charge in [0.25, 0.3) is 0 Å². The van der Waals surface area contributed by atoms with Crippen molar-refractivity contribution in [3.63, 3.8) is 0 Å². The molecule has 0 radical (unpaired) electrons. The van der Waals surface area contributed by atoms with Gasteiger partial charge in [-0.1, -0.05) is 89.4 Å². The Kier molecular flexibility index (Phi) is 17.3. The fraction of sp³-hybridized carbons (Fsp3) is 0.679. The fourth-order valence-electron chi connectivity index (χ4n) is 3.87. The van der Waals surface area contributed by atoms with Gasteiger partial charge in [0.05, 0.1) is 0 Å². The van der Waals surface area contributed by atoms with E-state index in [-0.39, 0.29) is 17.4 Å². The van der Waals surface area contributed by atoms with Gasteiger partial charge < -0.3 is 15.5 Å². The SMILES string of the molecule is CCCCCCCC/C=C\CCCCCCCCCC(=O)NCCc1ccc(O)c(O)c1. The molecule has 0 saturated heterocycles. The van der Waals surface area contributed by atoms with Crippen LogP contribution in [-0.4, -0.2) is 22.7 Å². The number of hydrogen-bond acceptors (Lipinski definition) is 3. The van der Waals surface area contributed by atoms with E-state index in [1.54, 1.807) is 6.07 Å². The van der Waals surface area contributed by atoms with E-state index >= 15 is 0 Å². The van der Waals surface area contributed by atoms with Crippen LogP contribution in [0.3, 0.4) is 0 Å². The normalized spacial score (nSPS) is 11.3. The predicted molar refractivity (Wildman–Crippen MR) is 135 cm³/mol. The summed E-state index contributed by atoms with van der Waals surface area (Å²) in [6.45, 7) is 2.82. The summed E-state index contributed by atoms with van der Waals surface area (Å²) >= 11 is 0. The Bertz CT molecular complexity index is 627. The number of phenolic OH excluding ortho intramolecular Hbond substituents is 2. The van der Waals surface area contributed by atoms with Crippen LogP contribution in [0, 0.1) is 0 Å². The molecule has 0 bridgehead atoms. The Hall–Kier alpha value is -1.97. The van der Waals surface area contributed by atoms with E-state index in [0.29, 0.717) is 19.4 Å². The molecule has 0 unspecified atom stereocenters. The van der Waals surface area contributed by atoms with Gasteiger partial charge in [-0.3, -0.25) is 4.79 Å². The monoisotopic (exact) mass is 445 g/mol. The second-order valence-electron chi connectivity index (χ2n) is 8.96. The highest BCUT2D eigenvalue weighted by Gasteiger charge is 2.03. The molecule has 0 aliphatic rings.